The van der Waals surface area contributed by atoms with Crippen molar-refractivity contribution in [2.45, 2.75) is 65.0 Å². The molecule has 1 aliphatic heterocycles. The van der Waals surface area contributed by atoms with Crippen LogP contribution in [0.2, 0.25) is 5.02 Å². The Bertz CT molecular complexity index is 1210. The number of benzene rings is 2. The first-order valence-corrected chi connectivity index (χ1v) is 13.9. The summed E-state index contributed by atoms with van der Waals surface area (Å²) in [5, 5.41) is 2.77. The summed E-state index contributed by atoms with van der Waals surface area (Å²) in [7, 11) is 0. The predicted molar refractivity (Wildman–Crippen MR) is 149 cm³/mol. The maximum absolute atomic E-state index is 13.8. The van der Waals surface area contributed by atoms with Crippen LogP contribution in [-0.4, -0.2) is 40.7 Å². The van der Waals surface area contributed by atoms with Crippen LogP contribution >= 0.6 is 22.9 Å². The van der Waals surface area contributed by atoms with E-state index in [1.165, 1.54) is 16.0 Å². The highest BCUT2D eigenvalue weighted by Crippen LogP contribution is 2.38. The summed E-state index contributed by atoms with van der Waals surface area (Å²) >= 11 is 7.89. The molecule has 2 heterocycles. The van der Waals surface area contributed by atoms with E-state index >= 15 is 0 Å². The number of halogens is 1. The predicted octanol–water partition coefficient (Wildman–Crippen LogP) is 7.11. The Morgan fingerprint density at radius 3 is 2.36 bits per heavy atom. The molecule has 0 aliphatic carbocycles. The molecule has 2 atom stereocenters. The fraction of sp³-hybridized carbons (Fsp3) is 0.400. The zero-order valence-electron chi connectivity index (χ0n) is 21.8. The van der Waals surface area contributed by atoms with E-state index in [-0.39, 0.29) is 35.9 Å². The van der Waals surface area contributed by atoms with Crippen LogP contribution in [0, 0.1) is 0 Å². The van der Waals surface area contributed by atoms with Crippen LogP contribution in [0.15, 0.2) is 60.0 Å². The lowest BCUT2D eigenvalue weighted by atomic mass is 9.86. The minimum Gasteiger partial charge on any atom is -0.330 e. The third-order valence-electron chi connectivity index (χ3n) is 7.16. The van der Waals surface area contributed by atoms with Crippen LogP contribution < -0.4 is 0 Å². The molecule has 2 unspecified atom stereocenters. The van der Waals surface area contributed by atoms with Gasteiger partial charge in [0.05, 0.1) is 6.04 Å². The first kappa shape index (κ1) is 26.4. The van der Waals surface area contributed by atoms with E-state index in [9.17, 15) is 9.59 Å². The van der Waals surface area contributed by atoms with E-state index in [1.807, 2.05) is 67.3 Å². The number of nitrogens with zero attached hydrogens (tertiary/aromatic N) is 2. The fourth-order valence-electron chi connectivity index (χ4n) is 4.75. The van der Waals surface area contributed by atoms with Gasteiger partial charge in [0.25, 0.3) is 5.91 Å². The van der Waals surface area contributed by atoms with Gasteiger partial charge in [-0.25, -0.2) is 0 Å². The van der Waals surface area contributed by atoms with E-state index in [0.29, 0.717) is 17.1 Å². The van der Waals surface area contributed by atoms with Gasteiger partial charge in [0, 0.05) is 28.0 Å². The standard InChI is InChI=1S/C30H35ClN2O2S/c1-6-20(2)33(29(35)22-7-11-23(12-8-22)30(3,4)5)19-27(34)32-17-15-26-25(16-18-36-26)28(32)21-9-13-24(31)14-10-21/h7-14,16,18,20,28H,6,15,17,19H2,1-5H3. The summed E-state index contributed by atoms with van der Waals surface area (Å²) in [4.78, 5) is 32.4. The fourth-order valence-corrected chi connectivity index (χ4v) is 5.78. The Hall–Kier alpha value is -2.63. The van der Waals surface area contributed by atoms with E-state index in [2.05, 4.69) is 32.2 Å². The second-order valence-electron chi connectivity index (χ2n) is 10.6. The number of hydrogen-bond donors (Lipinski definition) is 0. The second-order valence-corrected chi connectivity index (χ2v) is 12.0. The summed E-state index contributed by atoms with van der Waals surface area (Å²) < 4.78 is 0. The van der Waals surface area contributed by atoms with Crippen molar-refractivity contribution in [3.63, 3.8) is 0 Å². The Morgan fingerprint density at radius 1 is 1.08 bits per heavy atom. The first-order valence-electron chi connectivity index (χ1n) is 12.6. The lowest BCUT2D eigenvalue weighted by Gasteiger charge is -2.38. The third kappa shape index (κ3) is 5.52. The highest BCUT2D eigenvalue weighted by atomic mass is 35.5. The molecule has 6 heteroatoms. The zero-order valence-corrected chi connectivity index (χ0v) is 23.3. The first-order chi connectivity index (χ1) is 17.1. The Labute approximate surface area is 223 Å². The van der Waals surface area contributed by atoms with Crippen molar-refractivity contribution in [2.75, 3.05) is 13.1 Å². The van der Waals surface area contributed by atoms with Crippen LogP contribution in [-0.2, 0) is 16.6 Å². The number of carbonyl (C=O) groups excluding carboxylic acids is 2. The monoisotopic (exact) mass is 522 g/mol. The van der Waals surface area contributed by atoms with Crippen LogP contribution in [0.25, 0.3) is 0 Å². The quantitative estimate of drug-likeness (QED) is 0.346. The molecule has 0 spiro atoms. The molecule has 1 aliphatic rings. The molecule has 1 aromatic heterocycles. The van der Waals surface area contributed by atoms with Crippen LogP contribution in [0.4, 0.5) is 0 Å². The summed E-state index contributed by atoms with van der Waals surface area (Å²) in [5.74, 6) is -0.138. The highest BCUT2D eigenvalue weighted by Gasteiger charge is 2.35. The summed E-state index contributed by atoms with van der Waals surface area (Å²) in [6.07, 6.45) is 1.60. The molecule has 4 nitrogen and oxygen atoms in total. The lowest BCUT2D eigenvalue weighted by molar-refractivity contribution is -0.134. The molecule has 36 heavy (non-hydrogen) atoms. The average molecular weight is 523 g/mol. The van der Waals surface area contributed by atoms with Crippen molar-refractivity contribution < 1.29 is 9.59 Å². The summed E-state index contributed by atoms with van der Waals surface area (Å²) in [6, 6.07) is 17.4. The molecular weight excluding hydrogens is 488 g/mol. The highest BCUT2D eigenvalue weighted by molar-refractivity contribution is 7.10. The Morgan fingerprint density at radius 2 is 1.75 bits per heavy atom. The average Bonchev–Trinajstić information content (AvgIpc) is 3.35. The zero-order chi connectivity index (χ0) is 26.0. The number of rotatable bonds is 6. The minimum atomic E-state index is -0.176. The second kappa shape index (κ2) is 10.8. The molecule has 3 aromatic rings. The minimum absolute atomic E-state index is 0.0133. The van der Waals surface area contributed by atoms with Crippen molar-refractivity contribution in [2.24, 2.45) is 0 Å². The van der Waals surface area contributed by atoms with Gasteiger partial charge in [0.2, 0.25) is 5.91 Å². The van der Waals surface area contributed by atoms with Gasteiger partial charge in [0.15, 0.2) is 0 Å². The number of hydrogen-bond acceptors (Lipinski definition) is 3. The molecule has 190 valence electrons. The number of carbonyl (C=O) groups is 2. The molecular formula is C30H35ClN2O2S. The van der Waals surface area contributed by atoms with E-state index in [4.69, 9.17) is 11.6 Å². The molecule has 0 fully saturated rings. The number of fused-ring (bicyclic) bond motifs is 1. The number of thiophene rings is 1. The largest absolute Gasteiger partial charge is 0.330 e. The lowest BCUT2D eigenvalue weighted by Crippen LogP contribution is -2.49. The molecule has 4 rings (SSSR count). The van der Waals surface area contributed by atoms with Crippen molar-refractivity contribution in [1.82, 2.24) is 9.80 Å². The van der Waals surface area contributed by atoms with Crippen molar-refractivity contribution in [3.05, 3.63) is 92.1 Å². The molecule has 0 bridgehead atoms. The van der Waals surface area contributed by atoms with Gasteiger partial charge in [-0.3, -0.25) is 9.59 Å². The Balaban J connectivity index is 1.61. The van der Waals surface area contributed by atoms with E-state index < -0.39 is 0 Å². The molecule has 0 N–H and O–H groups in total. The Kier molecular flexibility index (Phi) is 7.91. The van der Waals surface area contributed by atoms with Crippen molar-refractivity contribution in [1.29, 1.82) is 0 Å². The van der Waals surface area contributed by atoms with Crippen molar-refractivity contribution >= 4 is 34.8 Å². The maximum atomic E-state index is 13.8. The SMILES string of the molecule is CCC(C)N(CC(=O)N1CCc2sccc2C1c1ccc(Cl)cc1)C(=O)c1ccc(C(C)(C)C)cc1. The molecule has 2 amide bonds. The summed E-state index contributed by atoms with van der Waals surface area (Å²) in [5.41, 5.74) is 4.01. The van der Waals surface area contributed by atoms with Gasteiger partial charge < -0.3 is 9.80 Å². The maximum Gasteiger partial charge on any atom is 0.254 e. The van der Waals surface area contributed by atoms with Gasteiger partial charge in [-0.05, 0) is 77.6 Å². The van der Waals surface area contributed by atoms with E-state index in [1.54, 1.807) is 16.2 Å². The molecule has 2 aromatic carbocycles. The summed E-state index contributed by atoms with van der Waals surface area (Å²) in [6.45, 7) is 11.2. The van der Waals surface area contributed by atoms with Crippen LogP contribution in [0.5, 0.6) is 0 Å². The van der Waals surface area contributed by atoms with Crippen molar-refractivity contribution in [3.8, 4) is 0 Å². The normalized spacial score (nSPS) is 16.4. The van der Waals surface area contributed by atoms with Crippen LogP contribution in [0.3, 0.4) is 0 Å². The molecule has 0 saturated heterocycles. The van der Waals surface area contributed by atoms with Gasteiger partial charge >= 0.3 is 0 Å². The van der Waals surface area contributed by atoms with E-state index in [0.717, 1.165) is 18.4 Å². The molecule has 0 saturated carbocycles. The van der Waals surface area contributed by atoms with Gasteiger partial charge in [-0.1, -0.05) is 63.6 Å². The third-order valence-corrected chi connectivity index (χ3v) is 8.41. The molecule has 0 radical (unpaired) electrons. The van der Waals surface area contributed by atoms with Gasteiger partial charge in [-0.15, -0.1) is 11.3 Å². The number of amides is 2. The topological polar surface area (TPSA) is 40.6 Å². The van der Waals surface area contributed by atoms with Gasteiger partial charge in [-0.2, -0.15) is 0 Å². The van der Waals surface area contributed by atoms with Gasteiger partial charge in [0.1, 0.15) is 6.54 Å². The van der Waals surface area contributed by atoms with Crippen LogP contribution in [0.1, 0.15) is 79.0 Å². The smallest absolute Gasteiger partial charge is 0.254 e.